The van der Waals surface area contributed by atoms with Crippen LogP contribution in [0.4, 0.5) is 0 Å². The molecule has 1 atom stereocenters. The summed E-state index contributed by atoms with van der Waals surface area (Å²) in [5.41, 5.74) is 0. The molecule has 0 spiro atoms. The molecule has 0 aromatic carbocycles. The Labute approximate surface area is 108 Å². The average molecular weight is 253 g/mol. The lowest BCUT2D eigenvalue weighted by molar-refractivity contribution is 0.147. The maximum absolute atomic E-state index is 5.62. The van der Waals surface area contributed by atoms with E-state index in [1.54, 1.807) is 13.3 Å². The van der Waals surface area contributed by atoms with Gasteiger partial charge in [-0.1, -0.05) is 0 Å². The molecule has 1 fully saturated rings. The molecule has 0 aliphatic heterocycles. The van der Waals surface area contributed by atoms with Gasteiger partial charge in [-0.25, -0.2) is 0 Å². The number of aromatic nitrogens is 2. The molecule has 1 aliphatic carbocycles. The Morgan fingerprint density at radius 2 is 2.28 bits per heavy atom. The highest BCUT2D eigenvalue weighted by molar-refractivity contribution is 5.12. The highest BCUT2D eigenvalue weighted by Gasteiger charge is 2.22. The van der Waals surface area contributed by atoms with E-state index >= 15 is 0 Å². The number of nitrogens with zero attached hydrogens (tertiary/aromatic N) is 2. The van der Waals surface area contributed by atoms with Gasteiger partial charge in [0, 0.05) is 19.7 Å². The van der Waals surface area contributed by atoms with Crippen molar-refractivity contribution >= 4 is 0 Å². The summed E-state index contributed by atoms with van der Waals surface area (Å²) in [7, 11) is 1.72. The van der Waals surface area contributed by atoms with Gasteiger partial charge < -0.3 is 14.8 Å². The van der Waals surface area contributed by atoms with Gasteiger partial charge in [-0.15, -0.1) is 0 Å². The first-order valence-electron chi connectivity index (χ1n) is 6.62. The molecule has 1 aromatic rings. The molecule has 5 heteroatoms. The van der Waals surface area contributed by atoms with Gasteiger partial charge in [-0.3, -0.25) is 4.68 Å². The topological polar surface area (TPSA) is 48.3 Å². The van der Waals surface area contributed by atoms with Crippen LogP contribution in [0.25, 0.3) is 0 Å². The largest absolute Gasteiger partial charge is 0.488 e. The molecular formula is C13H23N3O2. The Kier molecular flexibility index (Phi) is 4.60. The summed E-state index contributed by atoms with van der Waals surface area (Å²) in [6.45, 7) is 5.57. The average Bonchev–Trinajstić information content (AvgIpc) is 3.03. The fraction of sp³-hybridized carbons (Fsp3) is 0.769. The molecule has 18 heavy (non-hydrogen) atoms. The first kappa shape index (κ1) is 13.4. The Hall–Kier alpha value is -1.07. The van der Waals surface area contributed by atoms with Gasteiger partial charge >= 0.3 is 0 Å². The molecule has 0 bridgehead atoms. The lowest BCUT2D eigenvalue weighted by atomic mass is 10.3. The summed E-state index contributed by atoms with van der Waals surface area (Å²) in [5.74, 6) is 0.817. The quantitative estimate of drug-likeness (QED) is 0.764. The summed E-state index contributed by atoms with van der Waals surface area (Å²) in [5, 5.41) is 7.87. The van der Waals surface area contributed by atoms with Crippen molar-refractivity contribution in [1.82, 2.24) is 15.1 Å². The molecule has 1 heterocycles. The monoisotopic (exact) mass is 253 g/mol. The minimum Gasteiger partial charge on any atom is -0.488 e. The van der Waals surface area contributed by atoms with Crippen LogP contribution in [-0.4, -0.2) is 42.2 Å². The van der Waals surface area contributed by atoms with E-state index in [-0.39, 0.29) is 12.1 Å². The third-order valence-electron chi connectivity index (χ3n) is 2.90. The lowest BCUT2D eigenvalue weighted by Crippen LogP contribution is -2.30. The number of hydrogen-bond acceptors (Lipinski definition) is 4. The lowest BCUT2D eigenvalue weighted by Gasteiger charge is -2.17. The molecule has 1 N–H and O–H groups in total. The van der Waals surface area contributed by atoms with Gasteiger partial charge in [0.05, 0.1) is 31.1 Å². The van der Waals surface area contributed by atoms with Gasteiger partial charge in [0.2, 0.25) is 0 Å². The molecule has 0 radical (unpaired) electrons. The number of methoxy groups -OCH3 is 1. The van der Waals surface area contributed by atoms with Crippen LogP contribution in [0.5, 0.6) is 5.75 Å². The minimum atomic E-state index is 0.174. The smallest absolute Gasteiger partial charge is 0.157 e. The van der Waals surface area contributed by atoms with Crippen molar-refractivity contribution in [3.63, 3.8) is 0 Å². The van der Waals surface area contributed by atoms with Crippen molar-refractivity contribution in [3.8, 4) is 5.75 Å². The molecule has 1 aliphatic rings. The third-order valence-corrected chi connectivity index (χ3v) is 2.90. The normalized spacial score (nSPS) is 17.1. The highest BCUT2D eigenvalue weighted by atomic mass is 16.5. The van der Waals surface area contributed by atoms with E-state index in [0.717, 1.165) is 12.3 Å². The molecule has 1 unspecified atom stereocenters. The van der Waals surface area contributed by atoms with Gasteiger partial charge in [-0.05, 0) is 26.7 Å². The van der Waals surface area contributed by atoms with Crippen molar-refractivity contribution in [3.05, 3.63) is 12.4 Å². The zero-order valence-corrected chi connectivity index (χ0v) is 11.4. The van der Waals surface area contributed by atoms with Gasteiger partial charge in [0.25, 0.3) is 0 Å². The number of hydrogen-bond donors (Lipinski definition) is 1. The summed E-state index contributed by atoms with van der Waals surface area (Å²) < 4.78 is 12.8. The molecule has 2 rings (SSSR count). The predicted octanol–water partition coefficient (Wildman–Crippen LogP) is 1.61. The fourth-order valence-corrected chi connectivity index (χ4v) is 1.86. The molecule has 1 saturated carbocycles. The van der Waals surface area contributed by atoms with Crippen LogP contribution >= 0.6 is 0 Å². The van der Waals surface area contributed by atoms with Crippen LogP contribution < -0.4 is 10.1 Å². The zero-order valence-electron chi connectivity index (χ0n) is 11.4. The first-order chi connectivity index (χ1) is 8.69. The van der Waals surface area contributed by atoms with Crippen LogP contribution in [0.1, 0.15) is 32.7 Å². The van der Waals surface area contributed by atoms with Crippen molar-refractivity contribution in [1.29, 1.82) is 0 Å². The standard InChI is InChI=1S/C13H23N3O2/c1-10(2)18-13-7-15-16(8-13)12(9-17-3)6-14-11-4-5-11/h7-8,10-12,14H,4-6,9H2,1-3H3. The number of ether oxygens (including phenoxy) is 2. The van der Waals surface area contributed by atoms with Crippen LogP contribution in [0.15, 0.2) is 12.4 Å². The summed E-state index contributed by atoms with van der Waals surface area (Å²) in [6.07, 6.45) is 6.46. The van der Waals surface area contributed by atoms with Crippen molar-refractivity contribution in [2.45, 2.75) is 44.9 Å². The molecule has 5 nitrogen and oxygen atoms in total. The Morgan fingerprint density at radius 3 is 2.89 bits per heavy atom. The van der Waals surface area contributed by atoms with Gasteiger partial charge in [0.15, 0.2) is 5.75 Å². The van der Waals surface area contributed by atoms with Crippen LogP contribution in [0.2, 0.25) is 0 Å². The van der Waals surface area contributed by atoms with Crippen molar-refractivity contribution in [2.75, 3.05) is 20.3 Å². The van der Waals surface area contributed by atoms with E-state index in [0.29, 0.717) is 12.6 Å². The second-order valence-corrected chi connectivity index (χ2v) is 5.11. The number of nitrogens with one attached hydrogen (secondary N) is 1. The summed E-state index contributed by atoms with van der Waals surface area (Å²) >= 11 is 0. The highest BCUT2D eigenvalue weighted by Crippen LogP contribution is 2.20. The third kappa shape index (κ3) is 3.99. The van der Waals surface area contributed by atoms with Gasteiger partial charge in [-0.2, -0.15) is 5.10 Å². The van der Waals surface area contributed by atoms with E-state index in [1.165, 1.54) is 12.8 Å². The molecule has 0 saturated heterocycles. The van der Waals surface area contributed by atoms with E-state index in [2.05, 4.69) is 10.4 Å². The summed E-state index contributed by atoms with van der Waals surface area (Å²) in [6, 6.07) is 0.923. The van der Waals surface area contributed by atoms with E-state index in [1.807, 2.05) is 24.7 Å². The minimum absolute atomic E-state index is 0.174. The van der Waals surface area contributed by atoms with Crippen molar-refractivity contribution in [2.24, 2.45) is 0 Å². The van der Waals surface area contributed by atoms with Gasteiger partial charge in [0.1, 0.15) is 0 Å². The van der Waals surface area contributed by atoms with E-state index < -0.39 is 0 Å². The summed E-state index contributed by atoms with van der Waals surface area (Å²) in [4.78, 5) is 0. The second-order valence-electron chi connectivity index (χ2n) is 5.11. The van der Waals surface area contributed by atoms with E-state index in [4.69, 9.17) is 9.47 Å². The SMILES string of the molecule is COCC(CNC1CC1)n1cc(OC(C)C)cn1. The predicted molar refractivity (Wildman–Crippen MR) is 69.9 cm³/mol. The molecular weight excluding hydrogens is 230 g/mol. The van der Waals surface area contributed by atoms with E-state index in [9.17, 15) is 0 Å². The Balaban J connectivity index is 1.92. The van der Waals surface area contributed by atoms with Crippen LogP contribution in [0.3, 0.4) is 0 Å². The first-order valence-corrected chi connectivity index (χ1v) is 6.62. The van der Waals surface area contributed by atoms with Crippen LogP contribution in [0, 0.1) is 0 Å². The van der Waals surface area contributed by atoms with Crippen LogP contribution in [-0.2, 0) is 4.74 Å². The van der Waals surface area contributed by atoms with Crippen molar-refractivity contribution < 1.29 is 9.47 Å². The maximum atomic E-state index is 5.62. The maximum Gasteiger partial charge on any atom is 0.157 e. The molecule has 1 aromatic heterocycles. The molecule has 0 amide bonds. The Bertz CT molecular complexity index is 361. The zero-order chi connectivity index (χ0) is 13.0. The number of rotatable bonds is 8. The second kappa shape index (κ2) is 6.20. The Morgan fingerprint density at radius 1 is 1.50 bits per heavy atom. The fourth-order valence-electron chi connectivity index (χ4n) is 1.86. The molecule has 102 valence electrons.